The minimum absolute atomic E-state index is 0.0407. The van der Waals surface area contributed by atoms with Gasteiger partial charge in [-0.25, -0.2) is 9.48 Å². The van der Waals surface area contributed by atoms with Gasteiger partial charge < -0.3 is 10.4 Å². The lowest BCUT2D eigenvalue weighted by Crippen LogP contribution is -2.49. The van der Waals surface area contributed by atoms with E-state index in [4.69, 9.17) is 0 Å². The van der Waals surface area contributed by atoms with Gasteiger partial charge in [-0.05, 0) is 24.6 Å². The summed E-state index contributed by atoms with van der Waals surface area (Å²) < 4.78 is 40.4. The smallest absolute Gasteiger partial charge is 0.418 e. The number of hydrogen-bond donors (Lipinski definition) is 2. The molecular formula is C16H16F3N3O3. The summed E-state index contributed by atoms with van der Waals surface area (Å²) in [6, 6.07) is 6.11. The van der Waals surface area contributed by atoms with Crippen LogP contribution in [0.5, 0.6) is 0 Å². The number of alkyl halides is 3. The van der Waals surface area contributed by atoms with Crippen molar-refractivity contribution in [1.82, 2.24) is 15.1 Å². The zero-order chi connectivity index (χ0) is 18.7. The Labute approximate surface area is 141 Å². The van der Waals surface area contributed by atoms with Gasteiger partial charge in [0.15, 0.2) is 5.54 Å². The van der Waals surface area contributed by atoms with E-state index in [1.54, 1.807) is 6.92 Å². The van der Waals surface area contributed by atoms with Crippen LogP contribution in [0.4, 0.5) is 13.2 Å². The molecule has 0 saturated carbocycles. The van der Waals surface area contributed by atoms with Gasteiger partial charge >= 0.3 is 12.1 Å². The molecule has 134 valence electrons. The van der Waals surface area contributed by atoms with Crippen molar-refractivity contribution in [2.45, 2.75) is 31.5 Å². The van der Waals surface area contributed by atoms with E-state index >= 15 is 0 Å². The van der Waals surface area contributed by atoms with Gasteiger partial charge in [0.05, 0.1) is 16.9 Å². The first-order valence-corrected chi connectivity index (χ1v) is 7.43. The molecule has 1 aromatic heterocycles. The zero-order valence-electron chi connectivity index (χ0n) is 13.2. The van der Waals surface area contributed by atoms with Crippen LogP contribution >= 0.6 is 0 Å². The number of rotatable bonds is 7. The third-order valence-electron chi connectivity index (χ3n) is 3.78. The highest BCUT2D eigenvalue weighted by Crippen LogP contribution is 2.34. The van der Waals surface area contributed by atoms with Crippen LogP contribution in [0.1, 0.15) is 31.0 Å². The molecule has 9 heteroatoms. The number of hydrogen-bond acceptors (Lipinski definition) is 3. The van der Waals surface area contributed by atoms with Crippen molar-refractivity contribution in [2.24, 2.45) is 0 Å². The molecule has 0 aliphatic heterocycles. The highest BCUT2D eigenvalue weighted by atomic mass is 19.4. The quantitative estimate of drug-likeness (QED) is 0.748. The average molecular weight is 355 g/mol. The van der Waals surface area contributed by atoms with Gasteiger partial charge in [-0.1, -0.05) is 25.5 Å². The number of benzene rings is 1. The second-order valence-electron chi connectivity index (χ2n) is 5.38. The highest BCUT2D eigenvalue weighted by Gasteiger charge is 2.42. The van der Waals surface area contributed by atoms with Crippen LogP contribution in [-0.4, -0.2) is 27.3 Å². The molecule has 2 rings (SSSR count). The van der Waals surface area contributed by atoms with Gasteiger partial charge in [-0.15, -0.1) is 0 Å². The summed E-state index contributed by atoms with van der Waals surface area (Å²) in [4.78, 5) is 22.6. The number of carboxylic acid groups (broad SMARTS) is 1. The van der Waals surface area contributed by atoms with Gasteiger partial charge in [-0.2, -0.15) is 18.3 Å². The third kappa shape index (κ3) is 3.49. The standard InChI is InChI=1S/C16H16F3N3O3/c1-2-8-15(14(24)25,20-10-23)13-7-9-22(21-13)12-6-4-3-5-11(12)16(17,18)19/h3-7,9-10H,2,8H2,1H3,(H,20,23)(H,24,25). The summed E-state index contributed by atoms with van der Waals surface area (Å²) >= 11 is 0. The van der Waals surface area contributed by atoms with E-state index in [2.05, 4.69) is 10.4 Å². The molecule has 1 aromatic carbocycles. The predicted molar refractivity (Wildman–Crippen MR) is 82.0 cm³/mol. The number of para-hydroxylation sites is 1. The topological polar surface area (TPSA) is 84.2 Å². The molecule has 1 heterocycles. The molecule has 2 aromatic rings. The summed E-state index contributed by atoms with van der Waals surface area (Å²) in [5, 5.41) is 15.8. The lowest BCUT2D eigenvalue weighted by Gasteiger charge is -2.26. The Hall–Kier alpha value is -2.84. The highest BCUT2D eigenvalue weighted by molar-refractivity contribution is 5.82. The van der Waals surface area contributed by atoms with E-state index in [-0.39, 0.29) is 24.2 Å². The van der Waals surface area contributed by atoms with Gasteiger partial charge in [0.25, 0.3) is 0 Å². The molecule has 0 aliphatic rings. The third-order valence-corrected chi connectivity index (χ3v) is 3.78. The maximum Gasteiger partial charge on any atom is 0.418 e. The van der Waals surface area contributed by atoms with Crippen LogP contribution < -0.4 is 5.32 Å². The second-order valence-corrected chi connectivity index (χ2v) is 5.38. The Balaban J connectivity index is 2.56. The first-order chi connectivity index (χ1) is 11.8. The van der Waals surface area contributed by atoms with E-state index < -0.39 is 23.2 Å². The average Bonchev–Trinajstić information content (AvgIpc) is 3.03. The lowest BCUT2D eigenvalue weighted by molar-refractivity contribution is -0.147. The maximum absolute atomic E-state index is 13.2. The van der Waals surface area contributed by atoms with Crippen molar-refractivity contribution in [1.29, 1.82) is 0 Å². The fourth-order valence-corrected chi connectivity index (χ4v) is 2.63. The molecule has 25 heavy (non-hydrogen) atoms. The molecule has 2 N–H and O–H groups in total. The second kappa shape index (κ2) is 6.96. The summed E-state index contributed by atoms with van der Waals surface area (Å²) in [5.41, 5.74) is -2.98. The Bertz CT molecular complexity index is 773. The van der Waals surface area contributed by atoms with Crippen molar-refractivity contribution in [3.8, 4) is 5.69 Å². The summed E-state index contributed by atoms with van der Waals surface area (Å²) in [6.07, 6.45) is -2.65. The van der Waals surface area contributed by atoms with Crippen LogP contribution in [-0.2, 0) is 21.3 Å². The van der Waals surface area contributed by atoms with Gasteiger partial charge in [0.2, 0.25) is 6.41 Å². The molecule has 1 atom stereocenters. The molecule has 0 bridgehead atoms. The number of nitrogens with one attached hydrogen (secondary N) is 1. The zero-order valence-corrected chi connectivity index (χ0v) is 13.2. The number of carboxylic acids is 1. The SMILES string of the molecule is CCCC(NC=O)(C(=O)O)c1ccn(-c2ccccc2C(F)(F)F)n1. The van der Waals surface area contributed by atoms with Crippen LogP contribution in [0.25, 0.3) is 5.69 Å². The predicted octanol–water partition coefficient (Wildman–Crippen LogP) is 2.72. The number of carbonyl (C=O) groups excluding carboxylic acids is 1. The van der Waals surface area contributed by atoms with Gasteiger partial charge in [0, 0.05) is 6.20 Å². The number of halogens is 3. The molecule has 1 unspecified atom stereocenters. The molecule has 0 saturated heterocycles. The Morgan fingerprint density at radius 1 is 1.32 bits per heavy atom. The Morgan fingerprint density at radius 3 is 2.56 bits per heavy atom. The van der Waals surface area contributed by atoms with Crippen molar-refractivity contribution < 1.29 is 27.9 Å². The molecule has 0 radical (unpaired) electrons. The molecular weight excluding hydrogens is 339 g/mol. The number of carbonyl (C=O) groups is 2. The normalized spacial score (nSPS) is 13.9. The number of amides is 1. The Kier molecular flexibility index (Phi) is 5.15. The summed E-state index contributed by atoms with van der Waals surface area (Å²) in [6.45, 7) is 1.72. The minimum Gasteiger partial charge on any atom is -0.479 e. The van der Waals surface area contributed by atoms with E-state index in [1.165, 1.54) is 30.5 Å². The van der Waals surface area contributed by atoms with Crippen molar-refractivity contribution in [3.05, 3.63) is 47.8 Å². The minimum atomic E-state index is -4.59. The van der Waals surface area contributed by atoms with Crippen molar-refractivity contribution in [2.75, 3.05) is 0 Å². The van der Waals surface area contributed by atoms with Crippen LogP contribution in [0, 0.1) is 0 Å². The van der Waals surface area contributed by atoms with Crippen molar-refractivity contribution in [3.63, 3.8) is 0 Å². The van der Waals surface area contributed by atoms with Crippen LogP contribution in [0.2, 0.25) is 0 Å². The number of nitrogens with zero attached hydrogens (tertiary/aromatic N) is 2. The summed E-state index contributed by atoms with van der Waals surface area (Å²) in [5.74, 6) is -1.34. The largest absolute Gasteiger partial charge is 0.479 e. The first-order valence-electron chi connectivity index (χ1n) is 7.43. The fourth-order valence-electron chi connectivity index (χ4n) is 2.63. The van der Waals surface area contributed by atoms with E-state index in [0.29, 0.717) is 6.42 Å². The molecule has 1 amide bonds. The van der Waals surface area contributed by atoms with Gasteiger partial charge in [0.1, 0.15) is 0 Å². The molecule has 0 spiro atoms. The van der Waals surface area contributed by atoms with Crippen LogP contribution in [0.3, 0.4) is 0 Å². The first kappa shape index (κ1) is 18.5. The fraction of sp³-hybridized carbons (Fsp3) is 0.312. The van der Waals surface area contributed by atoms with Crippen LogP contribution in [0.15, 0.2) is 36.5 Å². The molecule has 6 nitrogen and oxygen atoms in total. The van der Waals surface area contributed by atoms with E-state index in [9.17, 15) is 27.9 Å². The van der Waals surface area contributed by atoms with E-state index in [0.717, 1.165) is 10.7 Å². The number of aliphatic carboxylic acids is 1. The van der Waals surface area contributed by atoms with E-state index in [1.807, 2.05) is 0 Å². The maximum atomic E-state index is 13.2. The molecule has 0 fully saturated rings. The van der Waals surface area contributed by atoms with Gasteiger partial charge in [-0.3, -0.25) is 4.79 Å². The van der Waals surface area contributed by atoms with Crippen molar-refractivity contribution >= 4 is 12.4 Å². The molecule has 0 aliphatic carbocycles. The monoisotopic (exact) mass is 355 g/mol. The number of aromatic nitrogens is 2. The summed E-state index contributed by atoms with van der Waals surface area (Å²) in [7, 11) is 0. The Morgan fingerprint density at radius 2 is 2.00 bits per heavy atom. The lowest BCUT2D eigenvalue weighted by atomic mass is 9.90.